The van der Waals surface area contributed by atoms with E-state index >= 15 is 0 Å². The van der Waals surface area contributed by atoms with Crippen LogP contribution in [0.4, 0.5) is 0 Å². The quantitative estimate of drug-likeness (QED) is 0.302. The predicted octanol–water partition coefficient (Wildman–Crippen LogP) is 0.00510. The zero-order valence-electron chi connectivity index (χ0n) is 9.22. The summed E-state index contributed by atoms with van der Waals surface area (Å²) in [6.07, 6.45) is 12.8. The molecule has 0 rings (SSSR count). The molecule has 0 aromatic rings. The molecule has 0 unspecified atom stereocenters. The molecule has 0 atom stereocenters. The summed E-state index contributed by atoms with van der Waals surface area (Å²) in [4.78, 5) is 0. The first kappa shape index (κ1) is 16.0. The predicted molar refractivity (Wildman–Crippen MR) is 51.8 cm³/mol. The summed E-state index contributed by atoms with van der Waals surface area (Å²) >= 11 is 0. The van der Waals surface area contributed by atoms with Crippen molar-refractivity contribution in [2.45, 2.75) is 58.3 Å². The van der Waals surface area contributed by atoms with Crippen molar-refractivity contribution in [3.8, 4) is 0 Å². The minimum atomic E-state index is 0. The van der Waals surface area contributed by atoms with Gasteiger partial charge in [-0.15, -0.1) is 0 Å². The summed E-state index contributed by atoms with van der Waals surface area (Å²) in [5.41, 5.74) is 0. The van der Waals surface area contributed by atoms with Crippen LogP contribution in [0.1, 0.15) is 58.3 Å². The van der Waals surface area contributed by atoms with Crippen LogP contribution in [0.25, 0.3) is 0 Å². The van der Waals surface area contributed by atoms with Crippen molar-refractivity contribution in [3.63, 3.8) is 0 Å². The summed E-state index contributed by atoms with van der Waals surface area (Å²) in [6, 6.07) is 0. The maximum atomic E-state index is 9.92. The van der Waals surface area contributed by atoms with Gasteiger partial charge in [0.05, 0.1) is 0 Å². The van der Waals surface area contributed by atoms with Gasteiger partial charge in [-0.3, -0.25) is 0 Å². The first-order chi connectivity index (χ1) is 5.91. The van der Waals surface area contributed by atoms with E-state index < -0.39 is 0 Å². The average Bonchev–Trinajstić information content (AvgIpc) is 2.10. The molecule has 2 heteroatoms. The van der Waals surface area contributed by atoms with Gasteiger partial charge in [0.1, 0.15) is 0 Å². The molecule has 0 N–H and O–H groups in total. The van der Waals surface area contributed by atoms with Crippen LogP contribution in [0.5, 0.6) is 0 Å². The fraction of sp³-hybridized carbons (Fsp3) is 0.818. The summed E-state index contributed by atoms with van der Waals surface area (Å²) in [7, 11) is 0. The minimum Gasteiger partial charge on any atom is -0.878 e. The second kappa shape index (κ2) is 15.0. The van der Waals surface area contributed by atoms with Crippen molar-refractivity contribution in [2.24, 2.45) is 0 Å². The molecule has 0 fully saturated rings. The zero-order valence-corrected chi connectivity index (χ0v) is 11.2. The Hall–Kier alpha value is 0.540. The first-order valence-corrected chi connectivity index (χ1v) is 5.18. The van der Waals surface area contributed by atoms with Gasteiger partial charge in [-0.25, -0.2) is 0 Å². The Balaban J connectivity index is 0. The van der Waals surface area contributed by atoms with Crippen molar-refractivity contribution in [1.82, 2.24) is 0 Å². The number of hydrogen-bond acceptors (Lipinski definition) is 1. The van der Waals surface area contributed by atoms with E-state index in [0.29, 0.717) is 0 Å². The normalized spacial score (nSPS) is 10.2. The van der Waals surface area contributed by atoms with Crippen LogP contribution in [0.15, 0.2) is 12.3 Å². The van der Waals surface area contributed by atoms with Gasteiger partial charge in [0.25, 0.3) is 0 Å². The second-order valence-corrected chi connectivity index (χ2v) is 3.28. The Labute approximate surface area is 105 Å². The molecule has 0 aliphatic carbocycles. The molecule has 0 aromatic heterocycles. The van der Waals surface area contributed by atoms with E-state index in [9.17, 15) is 5.11 Å². The van der Waals surface area contributed by atoms with Gasteiger partial charge in [0.15, 0.2) is 0 Å². The van der Waals surface area contributed by atoms with E-state index in [2.05, 4.69) is 6.92 Å². The topological polar surface area (TPSA) is 23.1 Å². The molecule has 72 valence electrons. The monoisotopic (exact) mass is 192 g/mol. The number of allylic oxidation sites excluding steroid dienone is 1. The van der Waals surface area contributed by atoms with Gasteiger partial charge in [-0.2, -0.15) is 6.26 Å². The van der Waals surface area contributed by atoms with Gasteiger partial charge in [0, 0.05) is 0 Å². The van der Waals surface area contributed by atoms with Crippen LogP contribution < -0.4 is 34.7 Å². The van der Waals surface area contributed by atoms with Crippen LogP contribution >= 0.6 is 0 Å². The van der Waals surface area contributed by atoms with Crippen molar-refractivity contribution in [3.05, 3.63) is 12.3 Å². The van der Waals surface area contributed by atoms with Crippen molar-refractivity contribution in [1.29, 1.82) is 0 Å². The zero-order chi connectivity index (χ0) is 9.07. The Morgan fingerprint density at radius 1 is 0.923 bits per heavy atom. The molecular weight excluding hydrogens is 171 g/mol. The molecule has 0 saturated carbocycles. The molecule has 0 aliphatic heterocycles. The van der Waals surface area contributed by atoms with E-state index in [1.165, 1.54) is 44.9 Å². The fourth-order valence-electron chi connectivity index (χ4n) is 1.29. The van der Waals surface area contributed by atoms with E-state index in [1.54, 1.807) is 6.08 Å². The average molecular weight is 192 g/mol. The Morgan fingerprint density at radius 3 is 2.00 bits per heavy atom. The number of unbranched alkanes of at least 4 members (excludes halogenated alkanes) is 7. The summed E-state index contributed by atoms with van der Waals surface area (Å²) in [5, 5.41) is 9.92. The maximum Gasteiger partial charge on any atom is 1.00 e. The Morgan fingerprint density at radius 2 is 1.46 bits per heavy atom. The largest absolute Gasteiger partial charge is 1.00 e. The molecule has 0 saturated heterocycles. The third-order valence-electron chi connectivity index (χ3n) is 2.07. The molecule has 0 aromatic carbocycles. The van der Waals surface area contributed by atoms with Gasteiger partial charge in [0.2, 0.25) is 0 Å². The molecule has 13 heavy (non-hydrogen) atoms. The standard InChI is InChI=1S/C11H22O.Na/c1-2-3-4-5-6-7-8-9-10-11-12;/h10-12H,2-9H2,1H3;/q;+1/p-1. The Kier molecular flexibility index (Phi) is 18.5. The molecule has 0 amide bonds. The van der Waals surface area contributed by atoms with Crippen molar-refractivity contribution < 1.29 is 34.7 Å². The Bertz CT molecular complexity index is 102. The van der Waals surface area contributed by atoms with Gasteiger partial charge in [-0.05, 0) is 12.8 Å². The van der Waals surface area contributed by atoms with E-state index in [1.807, 2.05) is 0 Å². The maximum absolute atomic E-state index is 9.92. The molecule has 0 bridgehead atoms. The van der Waals surface area contributed by atoms with Crippen LogP contribution in [-0.2, 0) is 0 Å². The third kappa shape index (κ3) is 15.3. The van der Waals surface area contributed by atoms with Crippen LogP contribution in [0.3, 0.4) is 0 Å². The summed E-state index contributed by atoms with van der Waals surface area (Å²) in [5.74, 6) is 0. The smallest absolute Gasteiger partial charge is 0.878 e. The van der Waals surface area contributed by atoms with Crippen molar-refractivity contribution in [2.75, 3.05) is 0 Å². The molecule has 0 radical (unpaired) electrons. The summed E-state index contributed by atoms with van der Waals surface area (Å²) < 4.78 is 0. The van der Waals surface area contributed by atoms with Crippen molar-refractivity contribution >= 4 is 0 Å². The van der Waals surface area contributed by atoms with E-state index in [-0.39, 0.29) is 29.6 Å². The molecular formula is C11H21NaO. The van der Waals surface area contributed by atoms with E-state index in [4.69, 9.17) is 0 Å². The molecule has 0 spiro atoms. The van der Waals surface area contributed by atoms with Crippen LogP contribution in [-0.4, -0.2) is 0 Å². The SMILES string of the molecule is CCCCCCCCCC=C[O-].[Na+]. The van der Waals surface area contributed by atoms with E-state index in [0.717, 1.165) is 12.7 Å². The second-order valence-electron chi connectivity index (χ2n) is 3.28. The minimum absolute atomic E-state index is 0. The van der Waals surface area contributed by atoms with Crippen LogP contribution in [0, 0.1) is 0 Å². The fourth-order valence-corrected chi connectivity index (χ4v) is 1.29. The summed E-state index contributed by atoms with van der Waals surface area (Å²) in [6.45, 7) is 2.24. The van der Waals surface area contributed by atoms with Gasteiger partial charge < -0.3 is 5.11 Å². The third-order valence-corrected chi connectivity index (χ3v) is 2.07. The molecule has 0 aliphatic rings. The molecule has 1 nitrogen and oxygen atoms in total. The number of hydrogen-bond donors (Lipinski definition) is 0. The number of rotatable bonds is 8. The van der Waals surface area contributed by atoms with Gasteiger partial charge >= 0.3 is 29.6 Å². The van der Waals surface area contributed by atoms with Gasteiger partial charge in [-0.1, -0.05) is 51.5 Å². The molecule has 0 heterocycles. The first-order valence-electron chi connectivity index (χ1n) is 5.18. The van der Waals surface area contributed by atoms with Crippen LogP contribution in [0.2, 0.25) is 0 Å².